The van der Waals surface area contributed by atoms with Gasteiger partial charge in [0.1, 0.15) is 5.75 Å². The first-order chi connectivity index (χ1) is 13.4. The first kappa shape index (κ1) is 19.4. The highest BCUT2D eigenvalue weighted by molar-refractivity contribution is 5.96. The fourth-order valence-corrected chi connectivity index (χ4v) is 2.89. The molecule has 1 N–H and O–H groups in total. The van der Waals surface area contributed by atoms with Crippen LogP contribution in [0.1, 0.15) is 40.1 Å². The second kappa shape index (κ2) is 8.53. The molecule has 1 atom stereocenters. The third-order valence-corrected chi connectivity index (χ3v) is 4.49. The van der Waals surface area contributed by atoms with Gasteiger partial charge in [0, 0.05) is 16.8 Å². The van der Waals surface area contributed by atoms with E-state index >= 15 is 0 Å². The number of aryl methyl sites for hydroxylation is 2. The van der Waals surface area contributed by atoms with E-state index in [0.29, 0.717) is 11.3 Å². The summed E-state index contributed by atoms with van der Waals surface area (Å²) in [5.41, 5.74) is 4.07. The second-order valence-electron chi connectivity index (χ2n) is 6.80. The lowest BCUT2D eigenvalue weighted by Gasteiger charge is -2.20. The summed E-state index contributed by atoms with van der Waals surface area (Å²) in [4.78, 5) is 24.8. The summed E-state index contributed by atoms with van der Waals surface area (Å²) < 4.78 is 6.03. The Morgan fingerprint density at radius 3 is 2.36 bits per heavy atom. The van der Waals surface area contributed by atoms with Crippen molar-refractivity contribution >= 4 is 17.4 Å². The van der Waals surface area contributed by atoms with Crippen molar-refractivity contribution in [3.8, 4) is 5.75 Å². The van der Waals surface area contributed by atoms with Crippen LogP contribution in [0.3, 0.4) is 0 Å². The van der Waals surface area contributed by atoms with Crippen LogP contribution in [-0.2, 0) is 4.79 Å². The fourth-order valence-electron chi connectivity index (χ4n) is 2.89. The van der Waals surface area contributed by atoms with Gasteiger partial charge >= 0.3 is 0 Å². The number of amides is 1. The molecule has 0 heterocycles. The van der Waals surface area contributed by atoms with Crippen LogP contribution in [0.2, 0.25) is 0 Å². The predicted molar refractivity (Wildman–Crippen MR) is 111 cm³/mol. The largest absolute Gasteiger partial charge is 0.476 e. The minimum absolute atomic E-state index is 0.0541. The summed E-state index contributed by atoms with van der Waals surface area (Å²) in [7, 11) is 0. The zero-order valence-electron chi connectivity index (χ0n) is 16.2. The van der Waals surface area contributed by atoms with Crippen molar-refractivity contribution in [2.45, 2.75) is 26.9 Å². The van der Waals surface area contributed by atoms with E-state index in [1.165, 1.54) is 6.92 Å². The number of rotatable bonds is 6. The van der Waals surface area contributed by atoms with Crippen LogP contribution in [0, 0.1) is 13.8 Å². The van der Waals surface area contributed by atoms with Crippen LogP contribution in [0.25, 0.3) is 0 Å². The average Bonchev–Trinajstić information content (AvgIpc) is 2.69. The molecule has 0 aliphatic heterocycles. The van der Waals surface area contributed by atoms with Gasteiger partial charge in [0.15, 0.2) is 5.78 Å². The molecule has 4 heteroatoms. The molecule has 0 unspecified atom stereocenters. The van der Waals surface area contributed by atoms with Crippen LogP contribution in [0.15, 0.2) is 72.8 Å². The SMILES string of the molecule is CC(=O)c1cccc(O[C@H](C(=O)Nc2cc(C)ccc2C)c2ccccc2)c1. The molecule has 0 spiro atoms. The molecule has 0 bridgehead atoms. The third-order valence-electron chi connectivity index (χ3n) is 4.49. The van der Waals surface area contributed by atoms with E-state index in [1.807, 2.05) is 62.4 Å². The highest BCUT2D eigenvalue weighted by atomic mass is 16.5. The Kier molecular flexibility index (Phi) is 5.90. The van der Waals surface area contributed by atoms with Crippen LogP contribution >= 0.6 is 0 Å². The molecule has 28 heavy (non-hydrogen) atoms. The highest BCUT2D eigenvalue weighted by Gasteiger charge is 2.23. The normalized spacial score (nSPS) is 11.5. The molecule has 0 saturated heterocycles. The number of carbonyl (C=O) groups is 2. The van der Waals surface area contributed by atoms with Gasteiger partial charge in [0.25, 0.3) is 5.91 Å². The number of ketones is 1. The van der Waals surface area contributed by atoms with Crippen molar-refractivity contribution in [1.82, 2.24) is 0 Å². The molecule has 0 aliphatic rings. The zero-order chi connectivity index (χ0) is 20.1. The quantitative estimate of drug-likeness (QED) is 0.599. The highest BCUT2D eigenvalue weighted by Crippen LogP contribution is 2.26. The van der Waals surface area contributed by atoms with Crippen molar-refractivity contribution in [3.63, 3.8) is 0 Å². The molecule has 3 aromatic rings. The van der Waals surface area contributed by atoms with E-state index in [9.17, 15) is 9.59 Å². The van der Waals surface area contributed by atoms with Gasteiger partial charge in [-0.3, -0.25) is 9.59 Å². The molecule has 0 aliphatic carbocycles. The van der Waals surface area contributed by atoms with E-state index < -0.39 is 6.10 Å². The summed E-state index contributed by atoms with van der Waals surface area (Å²) in [6.07, 6.45) is -0.844. The molecule has 4 nitrogen and oxygen atoms in total. The Balaban J connectivity index is 1.91. The van der Waals surface area contributed by atoms with Gasteiger partial charge in [-0.15, -0.1) is 0 Å². The Morgan fingerprint density at radius 2 is 1.64 bits per heavy atom. The van der Waals surface area contributed by atoms with E-state index in [-0.39, 0.29) is 11.7 Å². The number of anilines is 1. The third kappa shape index (κ3) is 4.65. The molecule has 0 aromatic heterocycles. The zero-order valence-corrected chi connectivity index (χ0v) is 16.2. The van der Waals surface area contributed by atoms with Crippen molar-refractivity contribution in [3.05, 3.63) is 95.1 Å². The summed E-state index contributed by atoms with van der Waals surface area (Å²) >= 11 is 0. The summed E-state index contributed by atoms with van der Waals surface area (Å²) in [5.74, 6) is 0.146. The molecule has 0 fully saturated rings. The number of nitrogens with one attached hydrogen (secondary N) is 1. The lowest BCUT2D eigenvalue weighted by Crippen LogP contribution is -2.26. The van der Waals surface area contributed by atoms with E-state index in [1.54, 1.807) is 24.3 Å². The van der Waals surface area contributed by atoms with Crippen molar-refractivity contribution in [2.75, 3.05) is 5.32 Å². The Bertz CT molecular complexity index is 996. The molecule has 1 amide bonds. The topological polar surface area (TPSA) is 55.4 Å². The molecule has 0 saturated carbocycles. The maximum Gasteiger partial charge on any atom is 0.270 e. The number of ether oxygens (including phenoxy) is 1. The van der Waals surface area contributed by atoms with Gasteiger partial charge in [-0.1, -0.05) is 54.6 Å². The molecule has 3 aromatic carbocycles. The number of hydrogen-bond acceptors (Lipinski definition) is 3. The van der Waals surface area contributed by atoms with Crippen LogP contribution in [0.5, 0.6) is 5.75 Å². The van der Waals surface area contributed by atoms with Crippen LogP contribution < -0.4 is 10.1 Å². The maximum atomic E-state index is 13.1. The van der Waals surface area contributed by atoms with Crippen LogP contribution in [-0.4, -0.2) is 11.7 Å². The van der Waals surface area contributed by atoms with E-state index in [2.05, 4.69) is 5.32 Å². The monoisotopic (exact) mass is 373 g/mol. The number of Topliss-reactive ketones (excluding diaryl/α,β-unsaturated/α-hetero) is 1. The van der Waals surface area contributed by atoms with Gasteiger partial charge in [-0.05, 0) is 50.1 Å². The summed E-state index contributed by atoms with van der Waals surface area (Å²) in [5, 5.41) is 2.98. The number of benzene rings is 3. The minimum atomic E-state index is -0.844. The minimum Gasteiger partial charge on any atom is -0.476 e. The van der Waals surface area contributed by atoms with E-state index in [0.717, 1.165) is 22.4 Å². The molecular formula is C24H23NO3. The standard InChI is InChI=1S/C24H23NO3/c1-16-12-13-17(2)22(14-16)25-24(27)23(19-8-5-4-6-9-19)28-21-11-7-10-20(15-21)18(3)26/h4-15,23H,1-3H3,(H,25,27)/t23-/m0/s1. The fraction of sp³-hybridized carbons (Fsp3) is 0.167. The van der Waals surface area contributed by atoms with Crippen molar-refractivity contribution in [1.29, 1.82) is 0 Å². The lowest BCUT2D eigenvalue weighted by molar-refractivity contribution is -0.123. The lowest BCUT2D eigenvalue weighted by atomic mass is 10.1. The smallest absolute Gasteiger partial charge is 0.270 e. The first-order valence-electron chi connectivity index (χ1n) is 9.15. The van der Waals surface area contributed by atoms with Crippen molar-refractivity contribution < 1.29 is 14.3 Å². The molecule has 0 radical (unpaired) electrons. The number of hydrogen-bond donors (Lipinski definition) is 1. The molecular weight excluding hydrogens is 350 g/mol. The Morgan fingerprint density at radius 1 is 0.893 bits per heavy atom. The predicted octanol–water partition coefficient (Wildman–Crippen LogP) is 5.26. The van der Waals surface area contributed by atoms with Gasteiger partial charge in [-0.2, -0.15) is 0 Å². The van der Waals surface area contributed by atoms with Gasteiger partial charge in [0.05, 0.1) is 0 Å². The molecule has 142 valence electrons. The molecule has 3 rings (SSSR count). The Hall–Kier alpha value is -3.40. The van der Waals surface area contributed by atoms with Crippen LogP contribution in [0.4, 0.5) is 5.69 Å². The first-order valence-corrected chi connectivity index (χ1v) is 9.15. The number of carbonyl (C=O) groups excluding carboxylic acids is 2. The Labute approximate surface area is 165 Å². The maximum absolute atomic E-state index is 13.1. The second-order valence-corrected chi connectivity index (χ2v) is 6.80. The van der Waals surface area contributed by atoms with Crippen molar-refractivity contribution in [2.24, 2.45) is 0 Å². The van der Waals surface area contributed by atoms with Gasteiger partial charge < -0.3 is 10.1 Å². The summed E-state index contributed by atoms with van der Waals surface area (Å²) in [6, 6.07) is 22.1. The van der Waals surface area contributed by atoms with Gasteiger partial charge in [-0.25, -0.2) is 0 Å². The summed E-state index contributed by atoms with van der Waals surface area (Å²) in [6.45, 7) is 5.43. The van der Waals surface area contributed by atoms with E-state index in [4.69, 9.17) is 4.74 Å². The van der Waals surface area contributed by atoms with Gasteiger partial charge in [0.2, 0.25) is 6.10 Å². The average molecular weight is 373 g/mol.